The lowest BCUT2D eigenvalue weighted by atomic mass is 10.1. The number of hydrogen-bond donors (Lipinski definition) is 1. The zero-order chi connectivity index (χ0) is 19.6. The predicted octanol–water partition coefficient (Wildman–Crippen LogP) is 3.32. The number of rotatable bonds is 9. The summed E-state index contributed by atoms with van der Waals surface area (Å²) in [6.45, 7) is 4.65. The Morgan fingerprint density at radius 2 is 1.74 bits per heavy atom. The van der Waals surface area contributed by atoms with Gasteiger partial charge in [-0.2, -0.15) is 0 Å². The van der Waals surface area contributed by atoms with Crippen molar-refractivity contribution in [3.63, 3.8) is 0 Å². The lowest BCUT2D eigenvalue weighted by Crippen LogP contribution is -2.46. The van der Waals surface area contributed by atoms with Gasteiger partial charge >= 0.3 is 0 Å². The van der Waals surface area contributed by atoms with E-state index in [9.17, 15) is 9.59 Å². The molecule has 27 heavy (non-hydrogen) atoms. The molecule has 0 saturated carbocycles. The van der Waals surface area contributed by atoms with Gasteiger partial charge in [0.25, 0.3) is 0 Å². The highest BCUT2D eigenvalue weighted by Crippen LogP contribution is 2.15. The van der Waals surface area contributed by atoms with Crippen LogP contribution in [-0.4, -0.2) is 36.4 Å². The van der Waals surface area contributed by atoms with Gasteiger partial charge in [0.1, 0.15) is 11.8 Å². The highest BCUT2D eigenvalue weighted by Gasteiger charge is 2.25. The van der Waals surface area contributed by atoms with Gasteiger partial charge in [-0.25, -0.2) is 0 Å². The van der Waals surface area contributed by atoms with Crippen LogP contribution in [0.2, 0.25) is 0 Å². The minimum absolute atomic E-state index is 0.0500. The maximum atomic E-state index is 12.8. The second kappa shape index (κ2) is 10.4. The van der Waals surface area contributed by atoms with Crippen molar-refractivity contribution in [2.75, 3.05) is 13.7 Å². The van der Waals surface area contributed by atoms with Crippen LogP contribution >= 0.6 is 0 Å². The summed E-state index contributed by atoms with van der Waals surface area (Å²) in [5, 5.41) is 2.63. The van der Waals surface area contributed by atoms with Gasteiger partial charge in [-0.3, -0.25) is 9.59 Å². The van der Waals surface area contributed by atoms with E-state index in [4.69, 9.17) is 4.74 Å². The Morgan fingerprint density at radius 3 is 2.41 bits per heavy atom. The van der Waals surface area contributed by atoms with E-state index >= 15 is 0 Å². The molecule has 0 aromatic heterocycles. The first-order valence-corrected chi connectivity index (χ1v) is 9.26. The van der Waals surface area contributed by atoms with Crippen molar-refractivity contribution in [3.8, 4) is 5.75 Å². The second-order valence-electron chi connectivity index (χ2n) is 6.50. The molecule has 1 atom stereocenters. The number of amides is 2. The summed E-state index contributed by atoms with van der Waals surface area (Å²) in [7, 11) is 1.59. The number of aryl methyl sites for hydroxylation is 1. The molecule has 1 N–H and O–H groups in total. The van der Waals surface area contributed by atoms with E-state index in [1.165, 1.54) is 0 Å². The van der Waals surface area contributed by atoms with E-state index in [0.29, 0.717) is 26.0 Å². The van der Waals surface area contributed by atoms with Crippen LogP contribution < -0.4 is 10.1 Å². The van der Waals surface area contributed by atoms with Crippen molar-refractivity contribution in [2.24, 2.45) is 0 Å². The lowest BCUT2D eigenvalue weighted by molar-refractivity contribution is -0.140. The fourth-order valence-corrected chi connectivity index (χ4v) is 2.84. The second-order valence-corrected chi connectivity index (χ2v) is 6.50. The summed E-state index contributed by atoms with van der Waals surface area (Å²) >= 11 is 0. The van der Waals surface area contributed by atoms with Crippen LogP contribution in [0.1, 0.15) is 30.9 Å². The van der Waals surface area contributed by atoms with Crippen LogP contribution in [-0.2, 0) is 16.1 Å². The van der Waals surface area contributed by atoms with Crippen LogP contribution in [0.3, 0.4) is 0 Å². The van der Waals surface area contributed by atoms with Crippen molar-refractivity contribution in [1.29, 1.82) is 0 Å². The number of carbonyl (C=O) groups excluding carboxylic acids is 2. The molecule has 0 aliphatic heterocycles. The summed E-state index contributed by atoms with van der Waals surface area (Å²) in [4.78, 5) is 26.6. The number of nitrogens with one attached hydrogen (secondary N) is 1. The van der Waals surface area contributed by atoms with E-state index in [1.54, 1.807) is 18.9 Å². The Balaban J connectivity index is 1.98. The molecule has 2 aromatic carbocycles. The predicted molar refractivity (Wildman–Crippen MR) is 106 cm³/mol. The smallest absolute Gasteiger partial charge is 0.242 e. The Kier molecular flexibility index (Phi) is 7.86. The third kappa shape index (κ3) is 6.13. The highest BCUT2D eigenvalue weighted by molar-refractivity contribution is 5.87. The van der Waals surface area contributed by atoms with Gasteiger partial charge in [0.05, 0.1) is 6.61 Å². The van der Waals surface area contributed by atoms with Gasteiger partial charge < -0.3 is 15.0 Å². The summed E-state index contributed by atoms with van der Waals surface area (Å²) in [6, 6.07) is 16.9. The molecule has 0 bridgehead atoms. The molecule has 5 nitrogen and oxygen atoms in total. The van der Waals surface area contributed by atoms with E-state index in [1.807, 2.05) is 61.5 Å². The maximum absolute atomic E-state index is 12.8. The molecule has 0 fully saturated rings. The van der Waals surface area contributed by atoms with Gasteiger partial charge in [-0.15, -0.1) is 0 Å². The van der Waals surface area contributed by atoms with E-state index in [0.717, 1.165) is 16.9 Å². The molecule has 5 heteroatoms. The highest BCUT2D eigenvalue weighted by atomic mass is 16.5. The van der Waals surface area contributed by atoms with Gasteiger partial charge in [0.2, 0.25) is 11.8 Å². The average molecular weight is 368 g/mol. The fraction of sp³-hybridized carbons (Fsp3) is 0.364. The monoisotopic (exact) mass is 368 g/mol. The molecule has 2 rings (SSSR count). The molecule has 0 aliphatic rings. The number of ether oxygens (including phenoxy) is 1. The number of likely N-dealkylation sites (N-methyl/N-ethyl adjacent to an activating group) is 1. The molecule has 0 heterocycles. The number of hydrogen-bond acceptors (Lipinski definition) is 3. The molecule has 0 spiro atoms. The molecule has 0 radical (unpaired) electrons. The normalized spacial score (nSPS) is 11.5. The first-order chi connectivity index (χ1) is 13.0. The van der Waals surface area contributed by atoms with Crippen molar-refractivity contribution in [3.05, 3.63) is 65.7 Å². The van der Waals surface area contributed by atoms with Crippen LogP contribution in [0.15, 0.2) is 54.6 Å². The summed E-state index contributed by atoms with van der Waals surface area (Å²) in [5.74, 6) is 0.573. The zero-order valence-electron chi connectivity index (χ0n) is 16.3. The van der Waals surface area contributed by atoms with Crippen LogP contribution in [0.5, 0.6) is 5.75 Å². The standard InChI is InChI=1S/C22H28N2O3/c1-17-10-7-8-11-19(17)16-24(18(2)22(26)23-3)21(25)14-9-15-27-20-12-5-4-6-13-20/h4-8,10-13,18H,9,14-16H2,1-3H3,(H,23,26). The first-order valence-electron chi connectivity index (χ1n) is 9.26. The minimum atomic E-state index is -0.530. The Bertz CT molecular complexity index is 746. The molecule has 2 aromatic rings. The Labute approximate surface area is 161 Å². The summed E-state index contributed by atoms with van der Waals surface area (Å²) < 4.78 is 5.65. The first kappa shape index (κ1) is 20.5. The van der Waals surface area contributed by atoms with Crippen molar-refractivity contribution in [1.82, 2.24) is 10.2 Å². The number of carbonyl (C=O) groups is 2. The number of nitrogens with zero attached hydrogens (tertiary/aromatic N) is 1. The van der Waals surface area contributed by atoms with Gasteiger partial charge in [0.15, 0.2) is 0 Å². The third-order valence-corrected chi connectivity index (χ3v) is 4.56. The van der Waals surface area contributed by atoms with Crippen LogP contribution in [0.25, 0.3) is 0 Å². The number of para-hydroxylation sites is 1. The lowest BCUT2D eigenvalue weighted by Gasteiger charge is -2.29. The van der Waals surface area contributed by atoms with E-state index in [-0.39, 0.29) is 11.8 Å². The van der Waals surface area contributed by atoms with E-state index in [2.05, 4.69) is 5.32 Å². The Hall–Kier alpha value is -2.82. The molecule has 0 saturated heterocycles. The zero-order valence-corrected chi connectivity index (χ0v) is 16.3. The topological polar surface area (TPSA) is 58.6 Å². The van der Waals surface area contributed by atoms with E-state index < -0.39 is 6.04 Å². The molecular weight excluding hydrogens is 340 g/mol. The fourth-order valence-electron chi connectivity index (χ4n) is 2.84. The quantitative estimate of drug-likeness (QED) is 0.691. The molecular formula is C22H28N2O3. The van der Waals surface area contributed by atoms with Crippen molar-refractivity contribution in [2.45, 2.75) is 39.3 Å². The van der Waals surface area contributed by atoms with Crippen LogP contribution in [0.4, 0.5) is 0 Å². The van der Waals surface area contributed by atoms with Gasteiger partial charge in [-0.05, 0) is 43.5 Å². The molecule has 0 aliphatic carbocycles. The maximum Gasteiger partial charge on any atom is 0.242 e. The number of benzene rings is 2. The Morgan fingerprint density at radius 1 is 1.07 bits per heavy atom. The van der Waals surface area contributed by atoms with Crippen molar-refractivity contribution < 1.29 is 14.3 Å². The van der Waals surface area contributed by atoms with Gasteiger partial charge in [0, 0.05) is 20.0 Å². The average Bonchev–Trinajstić information content (AvgIpc) is 2.70. The van der Waals surface area contributed by atoms with Gasteiger partial charge in [-0.1, -0.05) is 42.5 Å². The molecule has 2 amide bonds. The molecule has 1 unspecified atom stereocenters. The third-order valence-electron chi connectivity index (χ3n) is 4.56. The SMILES string of the molecule is CNC(=O)C(C)N(Cc1ccccc1C)C(=O)CCCOc1ccccc1. The van der Waals surface area contributed by atoms with Crippen LogP contribution in [0, 0.1) is 6.92 Å². The largest absolute Gasteiger partial charge is 0.494 e. The summed E-state index contributed by atoms with van der Waals surface area (Å²) in [5.41, 5.74) is 2.15. The van der Waals surface area contributed by atoms with Crippen molar-refractivity contribution >= 4 is 11.8 Å². The minimum Gasteiger partial charge on any atom is -0.494 e. The molecule has 144 valence electrons. The summed E-state index contributed by atoms with van der Waals surface area (Å²) in [6.07, 6.45) is 0.929.